The van der Waals surface area contributed by atoms with Crippen molar-refractivity contribution in [2.75, 3.05) is 0 Å². The number of esters is 1. The summed E-state index contributed by atoms with van der Waals surface area (Å²) in [6.07, 6.45) is 34.0. The molecule has 0 radical (unpaired) electrons. The summed E-state index contributed by atoms with van der Waals surface area (Å²) in [5.74, 6) is 0.0229. The van der Waals surface area contributed by atoms with Crippen molar-refractivity contribution in [3.8, 4) is 0 Å². The second-order valence-electron chi connectivity index (χ2n) is 9.86. The van der Waals surface area contributed by atoms with E-state index in [0.29, 0.717) is 6.42 Å². The molecule has 1 aliphatic heterocycles. The van der Waals surface area contributed by atoms with E-state index in [2.05, 4.69) is 6.92 Å². The summed E-state index contributed by atoms with van der Waals surface area (Å²) >= 11 is 0. The normalized spacial score (nSPS) is 16.7. The van der Waals surface area contributed by atoms with Gasteiger partial charge >= 0.3 is 5.97 Å². The van der Waals surface area contributed by atoms with E-state index in [9.17, 15) is 4.79 Å². The van der Waals surface area contributed by atoms with E-state index >= 15 is 0 Å². The molecule has 1 saturated heterocycles. The van der Waals surface area contributed by atoms with E-state index in [4.69, 9.17) is 4.74 Å². The molecule has 0 aromatic carbocycles. The smallest absolute Gasteiger partial charge is 0.306 e. The van der Waals surface area contributed by atoms with Gasteiger partial charge in [0.15, 0.2) is 0 Å². The average molecular weight is 423 g/mol. The first-order valence-electron chi connectivity index (χ1n) is 14.0. The molecule has 0 bridgehead atoms. The number of cyclic esters (lactones) is 1. The van der Waals surface area contributed by atoms with Crippen LogP contribution in [0.3, 0.4) is 0 Å². The van der Waals surface area contributed by atoms with Crippen LogP contribution in [0.4, 0.5) is 0 Å². The Morgan fingerprint density at radius 3 is 1.33 bits per heavy atom. The second-order valence-corrected chi connectivity index (χ2v) is 9.86. The maximum Gasteiger partial charge on any atom is 0.306 e. The Morgan fingerprint density at radius 1 is 0.600 bits per heavy atom. The highest BCUT2D eigenvalue weighted by molar-refractivity contribution is 5.70. The summed E-state index contributed by atoms with van der Waals surface area (Å²) in [6.45, 7) is 2.30. The van der Waals surface area contributed by atoms with Crippen molar-refractivity contribution in [2.45, 2.75) is 174 Å². The van der Waals surface area contributed by atoms with E-state index < -0.39 is 0 Å². The Hall–Kier alpha value is -0.530. The van der Waals surface area contributed by atoms with Gasteiger partial charge in [-0.2, -0.15) is 0 Å². The molecule has 0 spiro atoms. The largest absolute Gasteiger partial charge is 0.462 e. The third kappa shape index (κ3) is 18.3. The molecule has 1 atom stereocenters. The minimum Gasteiger partial charge on any atom is -0.462 e. The number of carbonyl (C=O) groups is 1. The number of hydrogen-bond donors (Lipinski definition) is 0. The number of hydrogen-bond acceptors (Lipinski definition) is 2. The predicted octanol–water partition coefficient (Wildman–Crippen LogP) is 9.68. The van der Waals surface area contributed by atoms with Crippen LogP contribution in [0.15, 0.2) is 0 Å². The minimum atomic E-state index is 0.0229. The van der Waals surface area contributed by atoms with Gasteiger partial charge in [-0.15, -0.1) is 0 Å². The lowest BCUT2D eigenvalue weighted by Gasteiger charge is -2.21. The Kier molecular flexibility index (Phi) is 19.9. The Morgan fingerprint density at radius 2 is 0.967 bits per heavy atom. The quantitative estimate of drug-likeness (QED) is 0.128. The van der Waals surface area contributed by atoms with Crippen molar-refractivity contribution in [3.05, 3.63) is 0 Å². The highest BCUT2D eigenvalue weighted by atomic mass is 16.5. The van der Waals surface area contributed by atoms with E-state index in [0.717, 1.165) is 19.3 Å². The molecule has 0 N–H and O–H groups in total. The Labute approximate surface area is 189 Å². The first-order valence-corrected chi connectivity index (χ1v) is 14.0. The topological polar surface area (TPSA) is 26.3 Å². The summed E-state index contributed by atoms with van der Waals surface area (Å²) in [7, 11) is 0. The maximum absolute atomic E-state index is 11.3. The van der Waals surface area contributed by atoms with Crippen molar-refractivity contribution in [1.29, 1.82) is 0 Å². The molecule has 0 aromatic heterocycles. The van der Waals surface area contributed by atoms with Crippen LogP contribution in [-0.2, 0) is 9.53 Å². The van der Waals surface area contributed by atoms with Gasteiger partial charge in [0.25, 0.3) is 0 Å². The highest BCUT2D eigenvalue weighted by Crippen LogP contribution is 2.20. The summed E-state index contributed by atoms with van der Waals surface area (Å²) in [6, 6.07) is 0. The van der Waals surface area contributed by atoms with Gasteiger partial charge in [-0.3, -0.25) is 4.79 Å². The van der Waals surface area contributed by atoms with Crippen LogP contribution >= 0.6 is 0 Å². The standard InChI is InChI=1S/C28H54O2/c1-2-3-4-5-6-7-8-9-10-11-12-13-14-15-16-17-18-19-20-21-22-24-27-25-23-26-28(29)30-27/h27H,2-26H2,1H3. The zero-order chi connectivity index (χ0) is 21.5. The zero-order valence-electron chi connectivity index (χ0n) is 20.6. The van der Waals surface area contributed by atoms with Gasteiger partial charge in [0, 0.05) is 6.42 Å². The van der Waals surface area contributed by atoms with Crippen molar-refractivity contribution in [2.24, 2.45) is 0 Å². The van der Waals surface area contributed by atoms with Crippen LogP contribution in [0.25, 0.3) is 0 Å². The molecule has 0 aliphatic carbocycles. The number of unbranched alkanes of at least 4 members (excludes halogenated alkanes) is 20. The SMILES string of the molecule is CCCCCCCCCCCCCCCCCCCCCCCC1CCCC(=O)O1. The van der Waals surface area contributed by atoms with Gasteiger partial charge in [-0.05, 0) is 25.7 Å². The number of rotatable bonds is 22. The molecule has 1 aliphatic rings. The van der Waals surface area contributed by atoms with Gasteiger partial charge in [-0.25, -0.2) is 0 Å². The predicted molar refractivity (Wildman–Crippen MR) is 131 cm³/mol. The Balaban J connectivity index is 1.66. The molecule has 2 nitrogen and oxygen atoms in total. The van der Waals surface area contributed by atoms with Gasteiger partial charge in [0.1, 0.15) is 6.10 Å². The molecule has 30 heavy (non-hydrogen) atoms. The van der Waals surface area contributed by atoms with Crippen LogP contribution in [0.5, 0.6) is 0 Å². The fourth-order valence-corrected chi connectivity index (χ4v) is 4.79. The van der Waals surface area contributed by atoms with Crippen molar-refractivity contribution >= 4 is 5.97 Å². The molecule has 0 saturated carbocycles. The van der Waals surface area contributed by atoms with Crippen molar-refractivity contribution in [1.82, 2.24) is 0 Å². The van der Waals surface area contributed by atoms with Crippen molar-refractivity contribution < 1.29 is 9.53 Å². The average Bonchev–Trinajstić information content (AvgIpc) is 2.75. The van der Waals surface area contributed by atoms with Crippen LogP contribution in [-0.4, -0.2) is 12.1 Å². The molecular formula is C28H54O2. The molecule has 178 valence electrons. The van der Waals surface area contributed by atoms with E-state index in [1.807, 2.05) is 0 Å². The van der Waals surface area contributed by atoms with Crippen LogP contribution in [0.1, 0.15) is 167 Å². The fourth-order valence-electron chi connectivity index (χ4n) is 4.79. The van der Waals surface area contributed by atoms with Gasteiger partial charge in [0.2, 0.25) is 0 Å². The summed E-state index contributed by atoms with van der Waals surface area (Å²) < 4.78 is 5.39. The fraction of sp³-hybridized carbons (Fsp3) is 0.964. The molecular weight excluding hydrogens is 368 g/mol. The van der Waals surface area contributed by atoms with Gasteiger partial charge in [-0.1, -0.05) is 135 Å². The lowest BCUT2D eigenvalue weighted by atomic mass is 10.0. The van der Waals surface area contributed by atoms with Crippen LogP contribution in [0, 0.1) is 0 Å². The third-order valence-corrected chi connectivity index (χ3v) is 6.83. The first kappa shape index (κ1) is 27.5. The third-order valence-electron chi connectivity index (χ3n) is 6.83. The monoisotopic (exact) mass is 422 g/mol. The molecule has 0 amide bonds. The van der Waals surface area contributed by atoms with E-state index in [1.54, 1.807) is 0 Å². The molecule has 1 unspecified atom stereocenters. The van der Waals surface area contributed by atoms with Gasteiger partial charge in [0.05, 0.1) is 0 Å². The molecule has 1 fully saturated rings. The van der Waals surface area contributed by atoms with Gasteiger partial charge < -0.3 is 4.74 Å². The molecule has 0 aromatic rings. The zero-order valence-corrected chi connectivity index (χ0v) is 20.6. The summed E-state index contributed by atoms with van der Waals surface area (Å²) in [5.41, 5.74) is 0. The lowest BCUT2D eigenvalue weighted by molar-refractivity contribution is -0.154. The molecule has 2 heteroatoms. The minimum absolute atomic E-state index is 0.0229. The lowest BCUT2D eigenvalue weighted by Crippen LogP contribution is -2.23. The highest BCUT2D eigenvalue weighted by Gasteiger charge is 2.19. The second kappa shape index (κ2) is 21.7. The van der Waals surface area contributed by atoms with Crippen LogP contribution in [0.2, 0.25) is 0 Å². The maximum atomic E-state index is 11.3. The number of carbonyl (C=O) groups excluding carboxylic acids is 1. The molecule has 1 heterocycles. The number of ether oxygens (including phenoxy) is 1. The first-order chi connectivity index (χ1) is 14.8. The van der Waals surface area contributed by atoms with Crippen molar-refractivity contribution in [3.63, 3.8) is 0 Å². The summed E-state index contributed by atoms with van der Waals surface area (Å²) in [5, 5.41) is 0. The van der Waals surface area contributed by atoms with E-state index in [1.165, 1.54) is 135 Å². The Bertz CT molecular complexity index is 366. The summed E-state index contributed by atoms with van der Waals surface area (Å²) in [4.78, 5) is 11.3. The van der Waals surface area contributed by atoms with E-state index in [-0.39, 0.29) is 12.1 Å². The van der Waals surface area contributed by atoms with Crippen LogP contribution < -0.4 is 0 Å². The molecule has 1 rings (SSSR count).